The van der Waals surface area contributed by atoms with Crippen molar-refractivity contribution in [3.63, 3.8) is 0 Å². The second-order valence-electron chi connectivity index (χ2n) is 8.73. The van der Waals surface area contributed by atoms with Crippen LogP contribution in [-0.4, -0.2) is 51.7 Å². The Morgan fingerprint density at radius 3 is 2.61 bits per heavy atom. The Morgan fingerprint density at radius 1 is 1.32 bits per heavy atom. The molecule has 5 nitrogen and oxygen atoms in total. The SMILES string of the molecule is Cc1nn(CC(C)C)c2sc(C(=O)NC3CCC(N4CC(F)(F)C4)CC3)cc12. The summed E-state index contributed by atoms with van der Waals surface area (Å²) in [6.07, 6.45) is 3.44. The van der Waals surface area contributed by atoms with Gasteiger partial charge in [-0.15, -0.1) is 11.3 Å². The predicted octanol–water partition coefficient (Wildman–Crippen LogP) is 4.05. The highest BCUT2D eigenvalue weighted by Crippen LogP contribution is 2.34. The Labute approximate surface area is 168 Å². The van der Waals surface area contributed by atoms with Crippen molar-refractivity contribution in [2.24, 2.45) is 5.92 Å². The van der Waals surface area contributed by atoms with Crippen LogP contribution in [0.25, 0.3) is 10.2 Å². The zero-order chi connectivity index (χ0) is 20.1. The molecule has 2 aromatic rings. The van der Waals surface area contributed by atoms with Gasteiger partial charge in [0, 0.05) is 24.0 Å². The highest BCUT2D eigenvalue weighted by Gasteiger charge is 2.47. The third-order valence-electron chi connectivity index (χ3n) is 5.79. The van der Waals surface area contributed by atoms with Crippen molar-refractivity contribution in [3.8, 4) is 0 Å². The van der Waals surface area contributed by atoms with Crippen molar-refractivity contribution in [2.75, 3.05) is 13.1 Å². The molecule has 1 amide bonds. The van der Waals surface area contributed by atoms with Crippen LogP contribution in [0.4, 0.5) is 8.78 Å². The quantitative estimate of drug-likeness (QED) is 0.809. The van der Waals surface area contributed by atoms with Crippen molar-refractivity contribution in [1.82, 2.24) is 20.0 Å². The van der Waals surface area contributed by atoms with E-state index in [0.717, 1.165) is 53.0 Å². The lowest BCUT2D eigenvalue weighted by molar-refractivity contribution is -0.150. The minimum Gasteiger partial charge on any atom is -0.349 e. The first-order valence-corrected chi connectivity index (χ1v) is 10.9. The first-order valence-electron chi connectivity index (χ1n) is 10.1. The van der Waals surface area contributed by atoms with Gasteiger partial charge in [-0.2, -0.15) is 5.10 Å². The predicted molar refractivity (Wildman–Crippen MR) is 107 cm³/mol. The molecule has 0 unspecified atom stereocenters. The number of rotatable bonds is 5. The number of aryl methyl sites for hydroxylation is 1. The van der Waals surface area contributed by atoms with Gasteiger partial charge in [0.05, 0.1) is 23.7 Å². The maximum Gasteiger partial charge on any atom is 0.272 e. The van der Waals surface area contributed by atoms with Crippen LogP contribution in [0.3, 0.4) is 0 Å². The van der Waals surface area contributed by atoms with E-state index in [1.54, 1.807) is 0 Å². The first kappa shape index (κ1) is 19.8. The largest absolute Gasteiger partial charge is 0.349 e. The molecule has 1 N–H and O–H groups in total. The van der Waals surface area contributed by atoms with E-state index in [1.807, 2.05) is 22.6 Å². The maximum absolute atomic E-state index is 13.1. The molecule has 0 bridgehead atoms. The van der Waals surface area contributed by atoms with Crippen molar-refractivity contribution in [1.29, 1.82) is 0 Å². The van der Waals surface area contributed by atoms with Gasteiger partial charge in [0.2, 0.25) is 0 Å². The highest BCUT2D eigenvalue weighted by molar-refractivity contribution is 7.20. The number of amides is 1. The summed E-state index contributed by atoms with van der Waals surface area (Å²) >= 11 is 1.50. The second-order valence-corrected chi connectivity index (χ2v) is 9.76. The van der Waals surface area contributed by atoms with Crippen molar-refractivity contribution >= 4 is 27.5 Å². The lowest BCUT2D eigenvalue weighted by atomic mass is 9.88. The summed E-state index contributed by atoms with van der Waals surface area (Å²) in [7, 11) is 0. The van der Waals surface area contributed by atoms with Crippen LogP contribution >= 0.6 is 11.3 Å². The van der Waals surface area contributed by atoms with Crippen LogP contribution in [0.2, 0.25) is 0 Å². The average Bonchev–Trinajstić information content (AvgIpc) is 3.15. The molecule has 1 saturated heterocycles. The van der Waals surface area contributed by atoms with E-state index >= 15 is 0 Å². The fraction of sp³-hybridized carbons (Fsp3) is 0.700. The summed E-state index contributed by atoms with van der Waals surface area (Å²) in [5.74, 6) is -2.05. The van der Waals surface area contributed by atoms with Gasteiger partial charge < -0.3 is 5.32 Å². The minimum atomic E-state index is -2.50. The number of carbonyl (C=O) groups is 1. The molecule has 2 aliphatic rings. The summed E-state index contributed by atoms with van der Waals surface area (Å²) in [4.78, 5) is 16.4. The fourth-order valence-corrected chi connectivity index (χ4v) is 5.42. The maximum atomic E-state index is 13.1. The van der Waals surface area contributed by atoms with E-state index in [4.69, 9.17) is 0 Å². The van der Waals surface area contributed by atoms with Crippen LogP contribution in [0, 0.1) is 12.8 Å². The molecule has 8 heteroatoms. The summed E-state index contributed by atoms with van der Waals surface area (Å²) in [5, 5.41) is 8.80. The number of carbonyl (C=O) groups excluding carboxylic acids is 1. The van der Waals surface area contributed by atoms with Gasteiger partial charge in [-0.3, -0.25) is 14.4 Å². The summed E-state index contributed by atoms with van der Waals surface area (Å²) in [5.41, 5.74) is 0.956. The minimum absolute atomic E-state index is 0.0318. The number of fused-ring (bicyclic) bond motifs is 1. The molecule has 2 aromatic heterocycles. The number of likely N-dealkylation sites (tertiary alicyclic amines) is 1. The van der Waals surface area contributed by atoms with Gasteiger partial charge in [0.1, 0.15) is 4.83 Å². The zero-order valence-corrected chi connectivity index (χ0v) is 17.5. The van der Waals surface area contributed by atoms with Gasteiger partial charge >= 0.3 is 0 Å². The Morgan fingerprint density at radius 2 is 2.00 bits per heavy atom. The van der Waals surface area contributed by atoms with Gasteiger partial charge in [0.15, 0.2) is 0 Å². The van der Waals surface area contributed by atoms with E-state index < -0.39 is 5.92 Å². The van der Waals surface area contributed by atoms with Crippen LogP contribution in [0.1, 0.15) is 54.9 Å². The highest BCUT2D eigenvalue weighted by atomic mass is 32.1. The monoisotopic (exact) mass is 410 g/mol. The molecule has 0 spiro atoms. The Balaban J connectivity index is 1.35. The van der Waals surface area contributed by atoms with E-state index in [0.29, 0.717) is 5.92 Å². The topological polar surface area (TPSA) is 50.2 Å². The third-order valence-corrected chi connectivity index (χ3v) is 6.93. The normalized spacial score (nSPS) is 25.2. The number of alkyl halides is 2. The number of hydrogen-bond acceptors (Lipinski definition) is 4. The molecular weight excluding hydrogens is 382 g/mol. The number of nitrogens with one attached hydrogen (secondary N) is 1. The van der Waals surface area contributed by atoms with E-state index in [9.17, 15) is 13.6 Å². The molecule has 0 aromatic carbocycles. The van der Waals surface area contributed by atoms with Crippen molar-refractivity contribution in [3.05, 3.63) is 16.6 Å². The van der Waals surface area contributed by atoms with Crippen molar-refractivity contribution in [2.45, 2.75) is 71.0 Å². The second kappa shape index (κ2) is 7.37. The van der Waals surface area contributed by atoms with Gasteiger partial charge in [-0.05, 0) is 44.6 Å². The molecule has 154 valence electrons. The molecule has 1 aliphatic heterocycles. The summed E-state index contributed by atoms with van der Waals surface area (Å²) < 4.78 is 28.1. The molecule has 0 radical (unpaired) electrons. The molecule has 2 fully saturated rings. The van der Waals surface area contributed by atoms with Crippen LogP contribution in [-0.2, 0) is 6.54 Å². The zero-order valence-electron chi connectivity index (χ0n) is 16.7. The summed E-state index contributed by atoms with van der Waals surface area (Å²) in [6.45, 7) is 6.91. The standard InChI is InChI=1S/C20H28F2N4OS/c1-12(2)9-26-19-16(13(3)24-26)8-17(28-19)18(27)23-14-4-6-15(7-5-14)25-10-20(21,22)11-25/h8,12,14-15H,4-7,9-11H2,1-3H3,(H,23,27). The molecule has 3 heterocycles. The molecule has 4 rings (SSSR count). The Bertz CT molecular complexity index is 859. The fourth-order valence-electron chi connectivity index (χ4n) is 4.34. The number of halogens is 2. The number of nitrogens with zero attached hydrogens (tertiary/aromatic N) is 3. The lowest BCUT2D eigenvalue weighted by Gasteiger charge is -2.46. The smallest absolute Gasteiger partial charge is 0.272 e. The van der Waals surface area contributed by atoms with Gasteiger partial charge in [-0.1, -0.05) is 13.8 Å². The van der Waals surface area contributed by atoms with Crippen LogP contribution < -0.4 is 5.32 Å². The first-order chi connectivity index (χ1) is 13.2. The number of thiophene rings is 1. The Kier molecular flexibility index (Phi) is 5.20. The summed E-state index contributed by atoms with van der Waals surface area (Å²) in [6, 6.07) is 2.31. The van der Waals surface area contributed by atoms with Gasteiger partial charge in [-0.25, -0.2) is 8.78 Å². The third kappa shape index (κ3) is 3.94. The number of aromatic nitrogens is 2. The van der Waals surface area contributed by atoms with Crippen LogP contribution in [0.5, 0.6) is 0 Å². The molecule has 1 saturated carbocycles. The molecule has 1 aliphatic carbocycles. The van der Waals surface area contributed by atoms with E-state index in [-0.39, 0.29) is 31.1 Å². The van der Waals surface area contributed by atoms with Gasteiger partial charge in [0.25, 0.3) is 11.8 Å². The molecule has 0 atom stereocenters. The molecular formula is C20H28F2N4OS. The van der Waals surface area contributed by atoms with Crippen molar-refractivity contribution < 1.29 is 13.6 Å². The van der Waals surface area contributed by atoms with E-state index in [1.165, 1.54) is 11.3 Å². The Hall–Kier alpha value is -1.54. The number of hydrogen-bond donors (Lipinski definition) is 1. The van der Waals surface area contributed by atoms with E-state index in [2.05, 4.69) is 24.3 Å². The molecule has 28 heavy (non-hydrogen) atoms. The lowest BCUT2D eigenvalue weighted by Crippen LogP contribution is -2.60. The van der Waals surface area contributed by atoms with Crippen LogP contribution in [0.15, 0.2) is 6.07 Å². The average molecular weight is 411 g/mol.